The average molecular weight is 302 g/mol. The van der Waals surface area contributed by atoms with E-state index >= 15 is 0 Å². The van der Waals surface area contributed by atoms with Crippen molar-refractivity contribution in [3.8, 4) is 0 Å². The summed E-state index contributed by atoms with van der Waals surface area (Å²) in [7, 11) is 0. The van der Waals surface area contributed by atoms with Gasteiger partial charge in [-0.05, 0) is 29.3 Å². The molecule has 2 rings (SSSR count). The number of halogens is 1. The van der Waals surface area contributed by atoms with Crippen LogP contribution in [0.4, 0.5) is 0 Å². The molecule has 2 aromatic heterocycles. The van der Waals surface area contributed by atoms with Crippen molar-refractivity contribution in [2.24, 2.45) is 0 Å². The summed E-state index contributed by atoms with van der Waals surface area (Å²) in [4.78, 5) is 14.9. The van der Waals surface area contributed by atoms with Gasteiger partial charge in [0, 0.05) is 10.9 Å². The number of rotatable bonds is 3. The molecule has 0 spiro atoms. The van der Waals surface area contributed by atoms with Crippen LogP contribution >= 0.6 is 27.3 Å². The van der Waals surface area contributed by atoms with E-state index in [2.05, 4.69) is 20.9 Å². The largest absolute Gasteiger partial charge is 0.461 e. The fraction of sp³-hybridized carbons (Fsp3) is 0.364. The van der Waals surface area contributed by atoms with Gasteiger partial charge in [-0.3, -0.25) is 0 Å². The lowest BCUT2D eigenvalue weighted by atomic mass is 10.2. The summed E-state index contributed by atoms with van der Waals surface area (Å²) < 4.78 is 7.16. The van der Waals surface area contributed by atoms with Gasteiger partial charge in [0.2, 0.25) is 0 Å². The van der Waals surface area contributed by atoms with Crippen LogP contribution in [0.1, 0.15) is 29.9 Å². The van der Waals surface area contributed by atoms with E-state index in [9.17, 15) is 4.79 Å². The molecule has 0 aliphatic heterocycles. The van der Waals surface area contributed by atoms with Crippen LogP contribution in [-0.4, -0.2) is 17.6 Å². The lowest BCUT2D eigenvalue weighted by Gasteiger charge is -2.01. The van der Waals surface area contributed by atoms with Gasteiger partial charge in [0.05, 0.1) is 21.3 Å². The molecule has 0 aliphatic rings. The summed E-state index contributed by atoms with van der Waals surface area (Å²) in [6.07, 6.45) is 0.821. The minimum Gasteiger partial charge on any atom is -0.461 e. The molecule has 0 saturated carbocycles. The predicted molar refractivity (Wildman–Crippen MR) is 69.2 cm³/mol. The number of thiophene rings is 1. The monoisotopic (exact) mass is 301 g/mol. The fourth-order valence-corrected chi connectivity index (χ4v) is 3.42. The molecule has 2 aromatic rings. The molecule has 86 valence electrons. The van der Waals surface area contributed by atoms with Crippen molar-refractivity contribution in [3.63, 3.8) is 0 Å². The third kappa shape index (κ3) is 1.78. The third-order valence-electron chi connectivity index (χ3n) is 2.41. The number of carbonyl (C=O) groups excluding carboxylic acids is 1. The van der Waals surface area contributed by atoms with Gasteiger partial charge in [0.1, 0.15) is 5.69 Å². The fourth-order valence-electron chi connectivity index (χ4n) is 1.70. The Bertz CT molecular complexity index is 529. The number of aromatic nitrogens is 1. The van der Waals surface area contributed by atoms with Crippen LogP contribution in [0.3, 0.4) is 0 Å². The van der Waals surface area contributed by atoms with E-state index in [4.69, 9.17) is 4.74 Å². The highest BCUT2D eigenvalue weighted by atomic mass is 79.9. The zero-order chi connectivity index (χ0) is 11.7. The van der Waals surface area contributed by atoms with Crippen LogP contribution in [0.15, 0.2) is 9.85 Å². The molecular formula is C11H12BrNO2S. The Hall–Kier alpha value is -0.810. The molecule has 0 unspecified atom stereocenters. The molecule has 0 aromatic carbocycles. The number of nitrogens with one attached hydrogen (secondary N) is 1. The molecule has 16 heavy (non-hydrogen) atoms. The molecule has 0 atom stereocenters. The minimum absolute atomic E-state index is 0.269. The topological polar surface area (TPSA) is 42.1 Å². The highest BCUT2D eigenvalue weighted by Crippen LogP contribution is 2.34. The van der Waals surface area contributed by atoms with Crippen LogP contribution in [-0.2, 0) is 11.2 Å². The van der Waals surface area contributed by atoms with Crippen molar-refractivity contribution in [2.75, 3.05) is 6.61 Å². The Balaban J connectivity index is 2.56. The lowest BCUT2D eigenvalue weighted by molar-refractivity contribution is 0.0519. The Kier molecular flexibility index (Phi) is 3.35. The van der Waals surface area contributed by atoms with Crippen molar-refractivity contribution >= 4 is 43.5 Å². The number of H-pyrrole nitrogens is 1. The summed E-state index contributed by atoms with van der Waals surface area (Å²) in [5.74, 6) is -0.269. The van der Waals surface area contributed by atoms with Crippen LogP contribution in [0.5, 0.6) is 0 Å². The Morgan fingerprint density at radius 2 is 2.31 bits per heavy atom. The van der Waals surface area contributed by atoms with Crippen LogP contribution in [0.2, 0.25) is 0 Å². The maximum atomic E-state index is 11.7. The second-order valence-electron chi connectivity index (χ2n) is 3.34. The molecule has 0 radical (unpaired) electrons. The number of aryl methyl sites for hydroxylation is 1. The first-order valence-corrected chi connectivity index (χ1v) is 6.80. The number of fused-ring (bicyclic) bond motifs is 1. The third-order valence-corrected chi connectivity index (χ3v) is 4.37. The first-order valence-electron chi connectivity index (χ1n) is 5.13. The molecule has 0 bridgehead atoms. The summed E-state index contributed by atoms with van der Waals surface area (Å²) >= 11 is 5.09. The second-order valence-corrected chi connectivity index (χ2v) is 5.07. The number of esters is 1. The van der Waals surface area contributed by atoms with Crippen LogP contribution in [0.25, 0.3) is 10.2 Å². The normalized spacial score (nSPS) is 10.9. The summed E-state index contributed by atoms with van der Waals surface area (Å²) in [5.41, 5.74) is 2.63. The van der Waals surface area contributed by atoms with E-state index in [0.717, 1.165) is 26.7 Å². The van der Waals surface area contributed by atoms with Gasteiger partial charge in [-0.25, -0.2) is 4.79 Å². The quantitative estimate of drug-likeness (QED) is 0.878. The van der Waals surface area contributed by atoms with Gasteiger partial charge in [-0.1, -0.05) is 6.92 Å². The van der Waals surface area contributed by atoms with Crippen molar-refractivity contribution in [3.05, 3.63) is 21.1 Å². The van der Waals surface area contributed by atoms with E-state index in [0.29, 0.717) is 12.3 Å². The average Bonchev–Trinajstić information content (AvgIpc) is 2.79. The van der Waals surface area contributed by atoms with E-state index in [1.807, 2.05) is 19.2 Å². The Labute approximate surface area is 106 Å². The molecule has 1 N–H and O–H groups in total. The molecular weight excluding hydrogens is 290 g/mol. The van der Waals surface area contributed by atoms with E-state index < -0.39 is 0 Å². The molecule has 3 nitrogen and oxygen atoms in total. The maximum absolute atomic E-state index is 11.7. The van der Waals surface area contributed by atoms with Gasteiger partial charge in [0.25, 0.3) is 0 Å². The summed E-state index contributed by atoms with van der Waals surface area (Å²) in [6, 6.07) is 0. The zero-order valence-corrected chi connectivity index (χ0v) is 11.5. The predicted octanol–water partition coefficient (Wildman–Crippen LogP) is 3.73. The van der Waals surface area contributed by atoms with Crippen molar-refractivity contribution in [1.29, 1.82) is 0 Å². The zero-order valence-electron chi connectivity index (χ0n) is 9.09. The summed E-state index contributed by atoms with van der Waals surface area (Å²) in [6.45, 7) is 4.25. The maximum Gasteiger partial charge on any atom is 0.355 e. The Morgan fingerprint density at radius 1 is 1.56 bits per heavy atom. The summed E-state index contributed by atoms with van der Waals surface area (Å²) in [5, 5.41) is 2.02. The molecule has 0 amide bonds. The molecule has 2 heterocycles. The lowest BCUT2D eigenvalue weighted by Crippen LogP contribution is -2.07. The molecule has 5 heteroatoms. The smallest absolute Gasteiger partial charge is 0.355 e. The number of hydrogen-bond acceptors (Lipinski definition) is 3. The first kappa shape index (κ1) is 11.7. The number of carbonyl (C=O) groups is 1. The first-order chi connectivity index (χ1) is 7.69. The van der Waals surface area contributed by atoms with Crippen molar-refractivity contribution in [2.45, 2.75) is 20.3 Å². The van der Waals surface area contributed by atoms with E-state index in [-0.39, 0.29) is 5.97 Å². The van der Waals surface area contributed by atoms with Gasteiger partial charge in [0.15, 0.2) is 0 Å². The molecule has 0 saturated heterocycles. The van der Waals surface area contributed by atoms with Gasteiger partial charge in [-0.15, -0.1) is 11.3 Å². The standard InChI is InChI=1S/C11H12BrNO2S/c1-3-6-8(11(14)15-4-2)13-9-7(12)5-16-10(6)9/h5,13H,3-4H2,1-2H3. The second kappa shape index (κ2) is 4.59. The van der Waals surface area contributed by atoms with Gasteiger partial charge in [-0.2, -0.15) is 0 Å². The van der Waals surface area contributed by atoms with Gasteiger partial charge >= 0.3 is 5.97 Å². The number of ether oxygens (including phenoxy) is 1. The van der Waals surface area contributed by atoms with Crippen LogP contribution < -0.4 is 0 Å². The minimum atomic E-state index is -0.269. The SMILES string of the molecule is CCOC(=O)c1[nH]c2c(Br)csc2c1CC. The van der Waals surface area contributed by atoms with Crippen molar-refractivity contribution < 1.29 is 9.53 Å². The number of hydrogen-bond donors (Lipinski definition) is 1. The highest BCUT2D eigenvalue weighted by molar-refractivity contribution is 9.10. The number of aromatic amines is 1. The Morgan fingerprint density at radius 3 is 2.94 bits per heavy atom. The molecule has 0 aliphatic carbocycles. The molecule has 0 fully saturated rings. The van der Waals surface area contributed by atoms with E-state index in [1.54, 1.807) is 11.3 Å². The van der Waals surface area contributed by atoms with Crippen molar-refractivity contribution in [1.82, 2.24) is 4.98 Å². The van der Waals surface area contributed by atoms with E-state index in [1.165, 1.54) is 0 Å². The highest BCUT2D eigenvalue weighted by Gasteiger charge is 2.19. The van der Waals surface area contributed by atoms with Crippen LogP contribution in [0, 0.1) is 0 Å². The van der Waals surface area contributed by atoms with Gasteiger partial charge < -0.3 is 9.72 Å².